The Balaban J connectivity index is 2.16. The lowest BCUT2D eigenvalue weighted by atomic mass is 10.0. The average Bonchev–Trinajstić information content (AvgIpc) is 2.47. The number of anilines is 1. The fourth-order valence-electron chi connectivity index (χ4n) is 2.27. The second-order valence-corrected chi connectivity index (χ2v) is 5.54. The van der Waals surface area contributed by atoms with Crippen molar-refractivity contribution in [3.05, 3.63) is 59.4 Å². The zero-order valence-electron chi connectivity index (χ0n) is 13.0. The molecule has 0 aliphatic rings. The maximum Gasteiger partial charge on any atom is 0.165 e. The number of hydrogen-bond acceptors (Lipinski definition) is 2. The molecule has 2 aromatic carbocycles. The summed E-state index contributed by atoms with van der Waals surface area (Å²) in [6.45, 7) is 6.35. The maximum atomic E-state index is 13.8. The third-order valence-corrected chi connectivity index (χ3v) is 3.61. The van der Waals surface area contributed by atoms with Crippen molar-refractivity contribution in [3.8, 4) is 5.75 Å². The van der Waals surface area contributed by atoms with Crippen LogP contribution in [0.1, 0.15) is 43.9 Å². The summed E-state index contributed by atoms with van der Waals surface area (Å²) < 4.78 is 18.7. The van der Waals surface area contributed by atoms with Crippen LogP contribution in [0, 0.1) is 5.82 Å². The third kappa shape index (κ3) is 3.75. The molecular formula is C18H22FNO. The first-order valence-corrected chi connectivity index (χ1v) is 7.21. The molecule has 3 heteroatoms. The van der Waals surface area contributed by atoms with E-state index in [9.17, 15) is 4.39 Å². The lowest BCUT2D eigenvalue weighted by Crippen LogP contribution is -2.07. The topological polar surface area (TPSA) is 21.3 Å². The Bertz CT molecular complexity index is 610. The van der Waals surface area contributed by atoms with Crippen molar-refractivity contribution >= 4 is 5.69 Å². The van der Waals surface area contributed by atoms with Crippen molar-refractivity contribution in [3.63, 3.8) is 0 Å². The molecule has 2 nitrogen and oxygen atoms in total. The lowest BCUT2D eigenvalue weighted by Gasteiger charge is -2.17. The normalized spacial score (nSPS) is 12.3. The Labute approximate surface area is 126 Å². The second-order valence-electron chi connectivity index (χ2n) is 5.54. The monoisotopic (exact) mass is 287 g/mol. The molecule has 21 heavy (non-hydrogen) atoms. The highest BCUT2D eigenvalue weighted by Crippen LogP contribution is 2.25. The molecule has 0 fully saturated rings. The van der Waals surface area contributed by atoms with Gasteiger partial charge in [-0.05, 0) is 48.2 Å². The first-order valence-electron chi connectivity index (χ1n) is 7.21. The van der Waals surface area contributed by atoms with Crippen molar-refractivity contribution in [2.75, 3.05) is 12.4 Å². The van der Waals surface area contributed by atoms with Crippen LogP contribution in [-0.4, -0.2) is 7.11 Å². The summed E-state index contributed by atoms with van der Waals surface area (Å²) in [7, 11) is 1.47. The Hall–Kier alpha value is -2.03. The average molecular weight is 287 g/mol. The van der Waals surface area contributed by atoms with E-state index in [1.54, 1.807) is 6.07 Å². The van der Waals surface area contributed by atoms with Crippen LogP contribution in [0.3, 0.4) is 0 Å². The van der Waals surface area contributed by atoms with Crippen molar-refractivity contribution in [2.45, 2.75) is 32.7 Å². The smallest absolute Gasteiger partial charge is 0.165 e. The highest BCUT2D eigenvalue weighted by atomic mass is 19.1. The van der Waals surface area contributed by atoms with E-state index in [1.807, 2.05) is 25.1 Å². The molecule has 0 amide bonds. The van der Waals surface area contributed by atoms with Gasteiger partial charge >= 0.3 is 0 Å². The number of nitrogens with one attached hydrogen (secondary N) is 1. The van der Waals surface area contributed by atoms with E-state index in [1.165, 1.54) is 18.7 Å². The van der Waals surface area contributed by atoms with Gasteiger partial charge in [0.15, 0.2) is 11.6 Å². The number of halogens is 1. The molecule has 2 aromatic rings. The van der Waals surface area contributed by atoms with Gasteiger partial charge < -0.3 is 10.1 Å². The molecule has 1 N–H and O–H groups in total. The number of hydrogen-bond donors (Lipinski definition) is 1. The standard InChI is InChI=1S/C18H22FNO/c1-12(2)14-6-5-7-16(10-14)20-13(3)15-8-9-18(21-4)17(19)11-15/h5-13,20H,1-4H3. The summed E-state index contributed by atoms with van der Waals surface area (Å²) in [5, 5.41) is 3.41. The molecular weight excluding hydrogens is 265 g/mol. The van der Waals surface area contributed by atoms with Gasteiger partial charge in [-0.25, -0.2) is 4.39 Å². The second kappa shape index (κ2) is 6.61. The SMILES string of the molecule is COc1ccc(C(C)Nc2cccc(C(C)C)c2)cc1F. The Morgan fingerprint density at radius 2 is 1.76 bits per heavy atom. The maximum absolute atomic E-state index is 13.8. The molecule has 1 atom stereocenters. The largest absolute Gasteiger partial charge is 0.494 e. The van der Waals surface area contributed by atoms with E-state index in [4.69, 9.17) is 4.74 Å². The van der Waals surface area contributed by atoms with Gasteiger partial charge in [0.2, 0.25) is 0 Å². The summed E-state index contributed by atoms with van der Waals surface area (Å²) in [4.78, 5) is 0. The lowest BCUT2D eigenvalue weighted by molar-refractivity contribution is 0.386. The minimum absolute atomic E-state index is 0.0211. The van der Waals surface area contributed by atoms with Gasteiger partial charge in [0.25, 0.3) is 0 Å². The van der Waals surface area contributed by atoms with Gasteiger partial charge in [-0.15, -0.1) is 0 Å². The number of rotatable bonds is 5. The molecule has 0 aromatic heterocycles. The first-order chi connectivity index (χ1) is 10.0. The van der Waals surface area contributed by atoms with Crippen LogP contribution in [0.2, 0.25) is 0 Å². The highest BCUT2D eigenvalue weighted by molar-refractivity contribution is 5.48. The summed E-state index contributed by atoms with van der Waals surface area (Å²) in [5.41, 5.74) is 3.22. The van der Waals surface area contributed by atoms with Crippen molar-refractivity contribution < 1.29 is 9.13 Å². The quantitative estimate of drug-likeness (QED) is 0.823. The van der Waals surface area contributed by atoms with E-state index in [0.29, 0.717) is 5.92 Å². The Kier molecular flexibility index (Phi) is 4.84. The summed E-state index contributed by atoms with van der Waals surface area (Å²) in [6, 6.07) is 13.4. The van der Waals surface area contributed by atoms with Crippen LogP contribution in [-0.2, 0) is 0 Å². The molecule has 0 radical (unpaired) electrons. The van der Waals surface area contributed by atoms with Gasteiger partial charge in [-0.1, -0.05) is 32.0 Å². The molecule has 0 spiro atoms. The van der Waals surface area contributed by atoms with Crippen molar-refractivity contribution in [2.24, 2.45) is 0 Å². The fourth-order valence-corrected chi connectivity index (χ4v) is 2.27. The van der Waals surface area contributed by atoms with Crippen LogP contribution in [0.25, 0.3) is 0 Å². The first kappa shape index (κ1) is 15.4. The zero-order chi connectivity index (χ0) is 15.4. The number of ether oxygens (including phenoxy) is 1. The number of benzene rings is 2. The Morgan fingerprint density at radius 3 is 2.38 bits per heavy atom. The van der Waals surface area contributed by atoms with E-state index >= 15 is 0 Å². The fraction of sp³-hybridized carbons (Fsp3) is 0.333. The highest BCUT2D eigenvalue weighted by Gasteiger charge is 2.10. The van der Waals surface area contributed by atoms with Crippen LogP contribution in [0.5, 0.6) is 5.75 Å². The van der Waals surface area contributed by atoms with Gasteiger partial charge in [0, 0.05) is 11.7 Å². The molecule has 2 rings (SSSR count). The molecule has 0 aliphatic heterocycles. The summed E-state index contributed by atoms with van der Waals surface area (Å²) in [5.74, 6) is 0.424. The summed E-state index contributed by atoms with van der Waals surface area (Å²) >= 11 is 0. The summed E-state index contributed by atoms with van der Waals surface area (Å²) in [6.07, 6.45) is 0. The number of methoxy groups -OCH3 is 1. The van der Waals surface area contributed by atoms with Crippen LogP contribution >= 0.6 is 0 Å². The predicted molar refractivity (Wildman–Crippen MR) is 85.5 cm³/mol. The van der Waals surface area contributed by atoms with Crippen LogP contribution in [0.4, 0.5) is 10.1 Å². The van der Waals surface area contributed by atoms with Crippen LogP contribution in [0.15, 0.2) is 42.5 Å². The Morgan fingerprint density at radius 1 is 1.00 bits per heavy atom. The van der Waals surface area contributed by atoms with Crippen molar-refractivity contribution in [1.29, 1.82) is 0 Å². The van der Waals surface area contributed by atoms with Crippen molar-refractivity contribution in [1.82, 2.24) is 0 Å². The van der Waals surface area contributed by atoms with E-state index in [-0.39, 0.29) is 17.6 Å². The minimum Gasteiger partial charge on any atom is -0.494 e. The predicted octanol–water partition coefficient (Wildman–Crippen LogP) is 5.13. The molecule has 1 unspecified atom stereocenters. The molecule has 0 bridgehead atoms. The van der Waals surface area contributed by atoms with Gasteiger partial charge in [0.05, 0.1) is 7.11 Å². The van der Waals surface area contributed by atoms with Gasteiger partial charge in [-0.2, -0.15) is 0 Å². The molecule has 0 heterocycles. The molecule has 112 valence electrons. The van der Waals surface area contributed by atoms with E-state index < -0.39 is 0 Å². The molecule has 0 aliphatic carbocycles. The molecule has 0 saturated heterocycles. The minimum atomic E-state index is -0.334. The van der Waals surface area contributed by atoms with E-state index in [2.05, 4.69) is 31.3 Å². The van der Waals surface area contributed by atoms with Gasteiger partial charge in [0.1, 0.15) is 0 Å². The molecule has 0 saturated carbocycles. The van der Waals surface area contributed by atoms with E-state index in [0.717, 1.165) is 11.3 Å². The third-order valence-electron chi connectivity index (χ3n) is 3.61. The zero-order valence-corrected chi connectivity index (χ0v) is 13.0. The van der Waals surface area contributed by atoms with Gasteiger partial charge in [-0.3, -0.25) is 0 Å². The van der Waals surface area contributed by atoms with Crippen LogP contribution < -0.4 is 10.1 Å².